The molecule has 3 rings (SSSR count). The van der Waals surface area contributed by atoms with Crippen LogP contribution in [-0.2, 0) is 17.6 Å². The Balaban J connectivity index is 1.52. The van der Waals surface area contributed by atoms with Crippen molar-refractivity contribution in [3.63, 3.8) is 0 Å². The molecule has 4 N–H and O–H groups in total. The normalized spacial score (nSPS) is 12.7. The third-order valence-electron chi connectivity index (χ3n) is 4.83. The quantitative estimate of drug-likeness (QED) is 0.262. The largest absolute Gasteiger partial charge is 0.489 e. The average molecular weight is 504 g/mol. The molecule has 0 bridgehead atoms. The maximum atomic E-state index is 10.9. The second-order valence-corrected chi connectivity index (χ2v) is 10.6. The summed E-state index contributed by atoms with van der Waals surface area (Å²) in [5.41, 5.74) is 8.03. The average Bonchev–Trinajstić information content (AvgIpc) is 2.78. The number of hydrogen-bond acceptors (Lipinski definition) is 4. The Morgan fingerprint density at radius 3 is 2.52 bits per heavy atom. The van der Waals surface area contributed by atoms with Gasteiger partial charge in [0.2, 0.25) is 0 Å². The first-order chi connectivity index (χ1) is 15.8. The highest BCUT2D eigenvalue weighted by Gasteiger charge is 2.09. The summed E-state index contributed by atoms with van der Waals surface area (Å²) in [6, 6.07) is 23.6. The molecule has 3 aromatic rings. The third kappa shape index (κ3) is 9.38. The van der Waals surface area contributed by atoms with Gasteiger partial charge in [0, 0.05) is 26.7 Å². The van der Waals surface area contributed by atoms with Gasteiger partial charge >= 0.3 is 7.60 Å². The predicted molar refractivity (Wildman–Crippen MR) is 135 cm³/mol. The molecule has 0 saturated heterocycles. The number of halogens is 1. The lowest BCUT2D eigenvalue weighted by Crippen LogP contribution is -2.16. The van der Waals surface area contributed by atoms with E-state index in [0.29, 0.717) is 18.1 Å². The second-order valence-electron chi connectivity index (χ2n) is 7.59. The molecule has 0 amide bonds. The molecule has 0 aliphatic heterocycles. The summed E-state index contributed by atoms with van der Waals surface area (Å²) in [6.07, 6.45) is 3.47. The van der Waals surface area contributed by atoms with Crippen molar-refractivity contribution < 1.29 is 19.1 Å². The van der Waals surface area contributed by atoms with Crippen molar-refractivity contribution in [2.45, 2.75) is 41.7 Å². The lowest BCUT2D eigenvalue weighted by Gasteiger charge is -2.10. The van der Waals surface area contributed by atoms with Crippen molar-refractivity contribution in [3.05, 3.63) is 101 Å². The van der Waals surface area contributed by atoms with Gasteiger partial charge in [0.05, 0.1) is 0 Å². The van der Waals surface area contributed by atoms with Crippen LogP contribution in [0.1, 0.15) is 24.0 Å². The van der Waals surface area contributed by atoms with E-state index in [2.05, 4.69) is 0 Å². The number of ether oxygens (including phenoxy) is 1. The van der Waals surface area contributed by atoms with Crippen LogP contribution in [-0.4, -0.2) is 15.8 Å². The topological polar surface area (TPSA) is 92.8 Å². The van der Waals surface area contributed by atoms with Crippen molar-refractivity contribution in [3.8, 4) is 5.75 Å². The lowest BCUT2D eigenvalue weighted by molar-refractivity contribution is 0.305. The van der Waals surface area contributed by atoms with Gasteiger partial charge in [0.15, 0.2) is 0 Å². The van der Waals surface area contributed by atoms with E-state index in [-0.39, 0.29) is 0 Å². The first kappa shape index (κ1) is 25.6. The standard InChI is InChI=1S/C25H27ClNO4PS/c26-25-17-24(13-12-20(25)8-4-9-21(27)14-15-32(28,29)30)33-23-11-5-10-22(16-23)31-18-19-6-2-1-3-7-19/h1-3,5-7,10-17,21H,4,8-9,18,27H2,(H2,28,29,30). The Labute approximate surface area is 203 Å². The van der Waals surface area contributed by atoms with Crippen LogP contribution in [0.15, 0.2) is 94.5 Å². The molecule has 0 heterocycles. The molecule has 0 saturated carbocycles. The second kappa shape index (κ2) is 12.4. The van der Waals surface area contributed by atoms with E-state index in [1.165, 1.54) is 6.08 Å². The molecule has 0 aliphatic rings. The minimum absolute atomic E-state index is 0.400. The summed E-state index contributed by atoms with van der Waals surface area (Å²) in [7, 11) is -4.17. The Morgan fingerprint density at radius 1 is 1.03 bits per heavy atom. The smallest absolute Gasteiger partial charge is 0.348 e. The van der Waals surface area contributed by atoms with Gasteiger partial charge in [-0.25, -0.2) is 0 Å². The molecule has 0 fully saturated rings. The van der Waals surface area contributed by atoms with E-state index in [9.17, 15) is 4.57 Å². The van der Waals surface area contributed by atoms with Gasteiger partial charge in [-0.15, -0.1) is 0 Å². The SMILES string of the molecule is NC(C=CP(=O)(O)O)CCCc1ccc(Sc2cccc(OCc3ccccc3)c2)cc1Cl. The number of hydrogen-bond donors (Lipinski definition) is 3. The number of benzene rings is 3. The Bertz CT molecular complexity index is 1120. The summed E-state index contributed by atoms with van der Waals surface area (Å²) < 4.78 is 16.8. The van der Waals surface area contributed by atoms with Crippen molar-refractivity contribution in [1.82, 2.24) is 0 Å². The maximum Gasteiger partial charge on any atom is 0.348 e. The van der Waals surface area contributed by atoms with E-state index < -0.39 is 13.6 Å². The van der Waals surface area contributed by atoms with Crippen LogP contribution in [0.4, 0.5) is 0 Å². The van der Waals surface area contributed by atoms with Crippen molar-refractivity contribution >= 4 is 31.0 Å². The van der Waals surface area contributed by atoms with Gasteiger partial charge in [-0.2, -0.15) is 0 Å². The monoisotopic (exact) mass is 503 g/mol. The fourth-order valence-corrected chi connectivity index (χ4v) is 4.84. The van der Waals surface area contributed by atoms with Gasteiger partial charge in [0.1, 0.15) is 12.4 Å². The van der Waals surface area contributed by atoms with Crippen LogP contribution in [0.3, 0.4) is 0 Å². The van der Waals surface area contributed by atoms with Crippen molar-refractivity contribution in [2.75, 3.05) is 0 Å². The summed E-state index contributed by atoms with van der Waals surface area (Å²) in [5.74, 6) is 1.67. The Kier molecular flexibility index (Phi) is 9.63. The Hall–Kier alpha value is -2.05. The highest BCUT2D eigenvalue weighted by molar-refractivity contribution is 7.99. The molecule has 1 unspecified atom stereocenters. The highest BCUT2D eigenvalue weighted by atomic mass is 35.5. The molecular weight excluding hydrogens is 477 g/mol. The number of nitrogens with two attached hydrogens (primary N) is 1. The van der Waals surface area contributed by atoms with E-state index in [1.807, 2.05) is 72.8 Å². The molecule has 33 heavy (non-hydrogen) atoms. The fraction of sp³-hybridized carbons (Fsp3) is 0.200. The summed E-state index contributed by atoms with van der Waals surface area (Å²) in [6.45, 7) is 0.522. The molecule has 0 radical (unpaired) electrons. The minimum atomic E-state index is -4.17. The predicted octanol–water partition coefficient (Wildman–Crippen LogP) is 6.41. The number of aryl methyl sites for hydroxylation is 1. The Morgan fingerprint density at radius 2 is 1.79 bits per heavy atom. The van der Waals surface area contributed by atoms with Crippen LogP contribution in [0, 0.1) is 0 Å². The van der Waals surface area contributed by atoms with Crippen LogP contribution in [0.2, 0.25) is 5.02 Å². The maximum absolute atomic E-state index is 10.9. The molecular formula is C25H27ClNO4PS. The first-order valence-corrected chi connectivity index (χ1v) is 13.4. The van der Waals surface area contributed by atoms with Gasteiger partial charge in [-0.3, -0.25) is 4.57 Å². The van der Waals surface area contributed by atoms with Gasteiger partial charge < -0.3 is 20.3 Å². The van der Waals surface area contributed by atoms with Crippen molar-refractivity contribution in [2.24, 2.45) is 5.73 Å². The molecule has 5 nitrogen and oxygen atoms in total. The van der Waals surface area contributed by atoms with E-state index in [0.717, 1.165) is 45.3 Å². The number of rotatable bonds is 11. The molecule has 8 heteroatoms. The van der Waals surface area contributed by atoms with Crippen LogP contribution in [0.5, 0.6) is 5.75 Å². The molecule has 0 aromatic heterocycles. The summed E-state index contributed by atoms with van der Waals surface area (Å²) >= 11 is 8.11. The van der Waals surface area contributed by atoms with E-state index >= 15 is 0 Å². The molecule has 3 aromatic carbocycles. The lowest BCUT2D eigenvalue weighted by atomic mass is 10.1. The van der Waals surface area contributed by atoms with Gasteiger partial charge in [-0.05, 0) is 60.7 Å². The fourth-order valence-electron chi connectivity index (χ4n) is 3.15. The van der Waals surface area contributed by atoms with E-state index in [1.54, 1.807) is 11.8 Å². The van der Waals surface area contributed by atoms with Crippen molar-refractivity contribution in [1.29, 1.82) is 0 Å². The van der Waals surface area contributed by atoms with Crippen LogP contribution in [0.25, 0.3) is 0 Å². The summed E-state index contributed by atoms with van der Waals surface area (Å²) in [4.78, 5) is 19.8. The van der Waals surface area contributed by atoms with Gasteiger partial charge in [-0.1, -0.05) is 71.9 Å². The molecule has 0 spiro atoms. The zero-order valence-electron chi connectivity index (χ0n) is 18.0. The zero-order valence-corrected chi connectivity index (χ0v) is 20.5. The molecule has 0 aliphatic carbocycles. The zero-order chi connectivity index (χ0) is 23.7. The first-order valence-electron chi connectivity index (χ1n) is 10.5. The summed E-state index contributed by atoms with van der Waals surface area (Å²) in [5, 5.41) is 0.691. The minimum Gasteiger partial charge on any atom is -0.489 e. The van der Waals surface area contributed by atoms with Gasteiger partial charge in [0.25, 0.3) is 0 Å². The van der Waals surface area contributed by atoms with Crippen LogP contribution < -0.4 is 10.5 Å². The molecule has 174 valence electrons. The van der Waals surface area contributed by atoms with E-state index in [4.69, 9.17) is 31.9 Å². The van der Waals surface area contributed by atoms with Crippen LogP contribution >= 0.6 is 31.0 Å². The third-order valence-corrected chi connectivity index (χ3v) is 6.72. The molecule has 1 atom stereocenters. The highest BCUT2D eigenvalue weighted by Crippen LogP contribution is 2.36.